The number of fused-ring (bicyclic) bond motifs is 1. The van der Waals surface area contributed by atoms with E-state index >= 15 is 0 Å². The third-order valence-electron chi connectivity index (χ3n) is 6.18. The molecule has 1 unspecified atom stereocenters. The third-order valence-corrected chi connectivity index (χ3v) is 6.18. The molecule has 0 radical (unpaired) electrons. The van der Waals surface area contributed by atoms with Crippen LogP contribution in [0.3, 0.4) is 0 Å². The van der Waals surface area contributed by atoms with E-state index in [1.54, 1.807) is 0 Å². The number of nitrogens with one attached hydrogen (secondary N) is 1. The molecule has 186 valence electrons. The van der Waals surface area contributed by atoms with Crippen LogP contribution in [0.1, 0.15) is 45.6 Å². The van der Waals surface area contributed by atoms with Gasteiger partial charge in [0.1, 0.15) is 6.04 Å². The number of benzene rings is 2. The van der Waals surface area contributed by atoms with E-state index in [4.69, 9.17) is 4.98 Å². The smallest absolute Gasteiger partial charge is 0.326 e. The maximum Gasteiger partial charge on any atom is 0.326 e. The average Bonchev–Trinajstić information content (AvgIpc) is 3.41. The molecule has 9 nitrogen and oxygen atoms in total. The minimum absolute atomic E-state index is 0.135. The Morgan fingerprint density at radius 1 is 1.06 bits per heavy atom. The lowest BCUT2D eigenvalue weighted by molar-refractivity contribution is -0.153. The van der Waals surface area contributed by atoms with Crippen LogP contribution in [0.25, 0.3) is 33.5 Å². The highest BCUT2D eigenvalue weighted by Gasteiger charge is 2.32. The minimum Gasteiger partial charge on any atom is -0.480 e. The number of aromatic amines is 1. The minimum atomic E-state index is -0.984. The SMILES string of the molecule is CCCCC(=O)N(Cc1ccc2nc(-c3ccccc3-c3nn[nH]n3)ccc2c1)C(C(=O)O)C(C)C. The first-order chi connectivity index (χ1) is 17.4. The molecule has 2 N–H and O–H groups in total. The summed E-state index contributed by atoms with van der Waals surface area (Å²) in [6.45, 7) is 5.91. The summed E-state index contributed by atoms with van der Waals surface area (Å²) in [6.07, 6.45) is 1.94. The number of aliphatic carboxylic acids is 1. The van der Waals surface area contributed by atoms with Crippen molar-refractivity contribution in [3.63, 3.8) is 0 Å². The van der Waals surface area contributed by atoms with Gasteiger partial charge in [0.15, 0.2) is 0 Å². The third kappa shape index (κ3) is 5.40. The molecule has 9 heteroatoms. The molecule has 0 saturated heterocycles. The summed E-state index contributed by atoms with van der Waals surface area (Å²) in [5.74, 6) is -0.836. The monoisotopic (exact) mass is 486 g/mol. The number of carbonyl (C=O) groups excluding carboxylic acids is 1. The van der Waals surface area contributed by atoms with Crippen molar-refractivity contribution in [3.05, 3.63) is 60.2 Å². The van der Waals surface area contributed by atoms with Crippen LogP contribution in [-0.2, 0) is 16.1 Å². The normalized spacial score (nSPS) is 12.1. The van der Waals surface area contributed by atoms with E-state index in [0.29, 0.717) is 12.2 Å². The van der Waals surface area contributed by atoms with E-state index in [2.05, 4.69) is 20.6 Å². The number of tetrazole rings is 1. The van der Waals surface area contributed by atoms with Gasteiger partial charge in [-0.15, -0.1) is 10.2 Å². The van der Waals surface area contributed by atoms with Gasteiger partial charge in [0, 0.05) is 29.5 Å². The van der Waals surface area contributed by atoms with Crippen molar-refractivity contribution in [3.8, 4) is 22.6 Å². The topological polar surface area (TPSA) is 125 Å². The van der Waals surface area contributed by atoms with Crippen LogP contribution in [0.4, 0.5) is 0 Å². The molecule has 0 saturated carbocycles. The lowest BCUT2D eigenvalue weighted by Crippen LogP contribution is -2.47. The molecule has 4 aromatic rings. The average molecular weight is 487 g/mol. The Kier molecular flexibility index (Phi) is 7.68. The lowest BCUT2D eigenvalue weighted by atomic mass is 10.00. The van der Waals surface area contributed by atoms with Crippen LogP contribution in [0, 0.1) is 5.92 Å². The first-order valence-corrected chi connectivity index (χ1v) is 12.1. The van der Waals surface area contributed by atoms with Crippen molar-refractivity contribution in [1.29, 1.82) is 0 Å². The Balaban J connectivity index is 1.65. The highest BCUT2D eigenvalue weighted by molar-refractivity contribution is 5.86. The fraction of sp³-hybridized carbons (Fsp3) is 0.333. The Morgan fingerprint density at radius 2 is 1.83 bits per heavy atom. The molecular weight excluding hydrogens is 456 g/mol. The number of carboxylic acids is 1. The van der Waals surface area contributed by atoms with Crippen molar-refractivity contribution in [2.24, 2.45) is 5.92 Å². The summed E-state index contributed by atoms with van der Waals surface area (Å²) in [5, 5.41) is 25.1. The molecule has 0 aliphatic carbocycles. The zero-order chi connectivity index (χ0) is 25.7. The molecular formula is C27H30N6O3. The summed E-state index contributed by atoms with van der Waals surface area (Å²) in [7, 11) is 0. The molecule has 4 rings (SSSR count). The number of carbonyl (C=O) groups is 2. The Labute approximate surface area is 209 Å². The molecule has 2 aromatic heterocycles. The van der Waals surface area contributed by atoms with E-state index in [9.17, 15) is 14.7 Å². The molecule has 0 fully saturated rings. The number of amides is 1. The van der Waals surface area contributed by atoms with E-state index < -0.39 is 12.0 Å². The van der Waals surface area contributed by atoms with Crippen LogP contribution < -0.4 is 0 Å². The van der Waals surface area contributed by atoms with Crippen LogP contribution in [0.2, 0.25) is 0 Å². The number of unbranched alkanes of at least 4 members (excludes halogenated alkanes) is 1. The zero-order valence-electron chi connectivity index (χ0n) is 20.7. The van der Waals surface area contributed by atoms with Gasteiger partial charge in [-0.05, 0) is 41.3 Å². The van der Waals surface area contributed by atoms with Gasteiger partial charge >= 0.3 is 5.97 Å². The molecule has 36 heavy (non-hydrogen) atoms. The van der Waals surface area contributed by atoms with Crippen molar-refractivity contribution in [1.82, 2.24) is 30.5 Å². The van der Waals surface area contributed by atoms with Gasteiger partial charge in [-0.2, -0.15) is 5.21 Å². The second-order valence-corrected chi connectivity index (χ2v) is 9.16. The number of hydrogen-bond donors (Lipinski definition) is 2. The number of H-pyrrole nitrogens is 1. The number of hydrogen-bond acceptors (Lipinski definition) is 6. The Morgan fingerprint density at radius 3 is 2.50 bits per heavy atom. The molecule has 2 heterocycles. The predicted octanol–water partition coefficient (Wildman–Crippen LogP) is 4.71. The summed E-state index contributed by atoms with van der Waals surface area (Å²) in [6, 6.07) is 16.6. The number of nitrogens with zero attached hydrogens (tertiary/aromatic N) is 5. The van der Waals surface area contributed by atoms with Gasteiger partial charge in [0.25, 0.3) is 0 Å². The van der Waals surface area contributed by atoms with Crippen molar-refractivity contribution < 1.29 is 14.7 Å². The van der Waals surface area contributed by atoms with Gasteiger partial charge in [-0.1, -0.05) is 63.6 Å². The zero-order valence-corrected chi connectivity index (χ0v) is 20.7. The van der Waals surface area contributed by atoms with Crippen LogP contribution in [0.5, 0.6) is 0 Å². The van der Waals surface area contributed by atoms with E-state index in [1.807, 2.05) is 75.4 Å². The lowest BCUT2D eigenvalue weighted by Gasteiger charge is -2.32. The van der Waals surface area contributed by atoms with Gasteiger partial charge in [-0.3, -0.25) is 4.79 Å². The number of rotatable bonds is 10. The maximum absolute atomic E-state index is 13.0. The van der Waals surface area contributed by atoms with Crippen molar-refractivity contribution >= 4 is 22.8 Å². The van der Waals surface area contributed by atoms with Crippen LogP contribution in [-0.4, -0.2) is 53.5 Å². The predicted molar refractivity (Wildman–Crippen MR) is 137 cm³/mol. The number of aromatic nitrogens is 5. The fourth-order valence-electron chi connectivity index (χ4n) is 4.39. The molecule has 1 amide bonds. The van der Waals surface area contributed by atoms with Crippen LogP contribution >= 0.6 is 0 Å². The Bertz CT molecular complexity index is 1350. The highest BCUT2D eigenvalue weighted by Crippen LogP contribution is 2.30. The van der Waals surface area contributed by atoms with E-state index in [0.717, 1.165) is 46.1 Å². The van der Waals surface area contributed by atoms with E-state index in [1.165, 1.54) is 4.90 Å². The highest BCUT2D eigenvalue weighted by atomic mass is 16.4. The number of pyridine rings is 1. The standard InChI is InChI=1S/C27H30N6O3/c1-4-5-10-24(34)33(25(17(2)3)27(35)36)16-18-11-13-22-19(15-18)12-14-23(28-22)20-8-6-7-9-21(20)26-29-31-32-30-26/h6-9,11-15,17,25H,4-5,10,16H2,1-3H3,(H,35,36)(H,29,30,31,32). The van der Waals surface area contributed by atoms with Gasteiger partial charge < -0.3 is 10.0 Å². The molecule has 0 spiro atoms. The quantitative estimate of drug-likeness (QED) is 0.332. The van der Waals surface area contributed by atoms with E-state index in [-0.39, 0.29) is 18.4 Å². The summed E-state index contributed by atoms with van der Waals surface area (Å²) in [4.78, 5) is 31.4. The molecule has 1 atom stereocenters. The number of carboxylic acid groups (broad SMARTS) is 1. The Hall–Kier alpha value is -4.14. The molecule has 0 bridgehead atoms. The molecule has 0 aliphatic rings. The largest absolute Gasteiger partial charge is 0.480 e. The van der Waals surface area contributed by atoms with Crippen molar-refractivity contribution in [2.75, 3.05) is 0 Å². The molecule has 0 aliphatic heterocycles. The summed E-state index contributed by atoms with van der Waals surface area (Å²) >= 11 is 0. The first kappa shape index (κ1) is 25.0. The molecule has 2 aromatic carbocycles. The fourth-order valence-corrected chi connectivity index (χ4v) is 4.39. The summed E-state index contributed by atoms with van der Waals surface area (Å²) < 4.78 is 0. The van der Waals surface area contributed by atoms with Gasteiger partial charge in [0.05, 0.1) is 11.2 Å². The second-order valence-electron chi connectivity index (χ2n) is 9.16. The van der Waals surface area contributed by atoms with Crippen LogP contribution in [0.15, 0.2) is 54.6 Å². The maximum atomic E-state index is 13.0. The van der Waals surface area contributed by atoms with Gasteiger partial charge in [-0.25, -0.2) is 9.78 Å². The summed E-state index contributed by atoms with van der Waals surface area (Å²) in [5.41, 5.74) is 4.14. The van der Waals surface area contributed by atoms with Crippen molar-refractivity contribution in [2.45, 2.75) is 52.6 Å². The first-order valence-electron chi connectivity index (χ1n) is 12.1. The second kappa shape index (κ2) is 11.1. The van der Waals surface area contributed by atoms with Gasteiger partial charge in [0.2, 0.25) is 11.7 Å².